The topological polar surface area (TPSA) is 248 Å². The predicted octanol–water partition coefficient (Wildman–Crippen LogP) is -0.568. The average molecular weight is 789 g/mol. The lowest BCUT2D eigenvalue weighted by Crippen LogP contribution is -2.70. The SMILES string of the molecule is CO[C@H]1[C@H](O[C@H]2[C@H](OC[C@H](C)[C@@H](C)/C=C/[C@@H](C)[C@H]3C[C@@H](O)[C@@H]4[C@]3(C)CC[C@@H]3[C@@]5(C)CC[C@H](O)[C@H](O)[C@@H]5[C@@H](O)C[C@]34O)O[C@@H]([C@H](O)CO)[C@@H]2O)OC[C@@H](O)[C@@H]1O. The molecule has 0 radical (unpaired) electrons. The number of rotatable bonds is 12. The van der Waals surface area contributed by atoms with E-state index in [-0.39, 0.29) is 49.2 Å². The molecule has 0 unspecified atom stereocenters. The van der Waals surface area contributed by atoms with E-state index in [1.54, 1.807) is 0 Å². The lowest BCUT2D eigenvalue weighted by Gasteiger charge is -2.66. The van der Waals surface area contributed by atoms with E-state index < -0.39 is 115 Å². The van der Waals surface area contributed by atoms with Gasteiger partial charge in [-0.1, -0.05) is 46.8 Å². The zero-order valence-corrected chi connectivity index (χ0v) is 33.1. The molecule has 2 aliphatic heterocycles. The van der Waals surface area contributed by atoms with Gasteiger partial charge in [0.1, 0.15) is 42.7 Å². The monoisotopic (exact) mass is 788 g/mol. The smallest absolute Gasteiger partial charge is 0.187 e. The number of aliphatic hydroxyl groups excluding tert-OH is 9. The van der Waals surface area contributed by atoms with Gasteiger partial charge in [0.25, 0.3) is 0 Å². The molecule has 6 rings (SSSR count). The molecule has 2 heterocycles. The largest absolute Gasteiger partial charge is 0.394 e. The molecule has 0 bridgehead atoms. The van der Waals surface area contributed by atoms with Crippen LogP contribution < -0.4 is 0 Å². The van der Waals surface area contributed by atoms with Crippen molar-refractivity contribution in [2.75, 3.05) is 26.9 Å². The number of fused-ring (bicyclic) bond motifs is 5. The highest BCUT2D eigenvalue weighted by atomic mass is 16.8. The second kappa shape index (κ2) is 16.7. The van der Waals surface area contributed by atoms with E-state index in [0.29, 0.717) is 25.7 Å². The minimum Gasteiger partial charge on any atom is -0.394 e. The van der Waals surface area contributed by atoms with Gasteiger partial charge in [-0.25, -0.2) is 0 Å². The summed E-state index contributed by atoms with van der Waals surface area (Å²) in [5.74, 6) is -1.14. The third-order valence-corrected chi connectivity index (χ3v) is 15.4. The first-order valence-electron chi connectivity index (χ1n) is 20.4. The molecular weight excluding hydrogens is 720 g/mol. The van der Waals surface area contributed by atoms with E-state index in [0.717, 1.165) is 6.42 Å². The van der Waals surface area contributed by atoms with Crippen LogP contribution in [0.1, 0.15) is 73.1 Å². The van der Waals surface area contributed by atoms with Crippen LogP contribution in [-0.4, -0.2) is 163 Å². The summed E-state index contributed by atoms with van der Waals surface area (Å²) in [6.07, 6.45) is -7.55. The lowest BCUT2D eigenvalue weighted by molar-refractivity contribution is -0.308. The summed E-state index contributed by atoms with van der Waals surface area (Å²) >= 11 is 0. The maximum atomic E-state index is 12.6. The predicted molar refractivity (Wildman–Crippen MR) is 195 cm³/mol. The highest BCUT2D eigenvalue weighted by molar-refractivity contribution is 5.21. The van der Waals surface area contributed by atoms with Crippen molar-refractivity contribution in [3.63, 3.8) is 0 Å². The maximum Gasteiger partial charge on any atom is 0.187 e. The van der Waals surface area contributed by atoms with Crippen LogP contribution in [0.15, 0.2) is 12.2 Å². The van der Waals surface area contributed by atoms with E-state index in [9.17, 15) is 51.1 Å². The van der Waals surface area contributed by atoms with Crippen LogP contribution in [0.4, 0.5) is 0 Å². The number of allylic oxidation sites excluding steroid dienone is 2. The summed E-state index contributed by atoms with van der Waals surface area (Å²) in [7, 11) is 1.32. The first kappa shape index (κ1) is 43.7. The molecule has 4 aliphatic carbocycles. The Kier molecular flexibility index (Phi) is 13.2. The van der Waals surface area contributed by atoms with Crippen LogP contribution in [0.25, 0.3) is 0 Å². The fourth-order valence-electron chi connectivity index (χ4n) is 12.2. The van der Waals surface area contributed by atoms with Gasteiger partial charge < -0.3 is 74.7 Å². The molecule has 6 aliphatic rings. The minimum atomic E-state index is -1.42. The number of ether oxygens (including phenoxy) is 5. The van der Waals surface area contributed by atoms with Gasteiger partial charge >= 0.3 is 0 Å². The van der Waals surface area contributed by atoms with Gasteiger partial charge in [0, 0.05) is 25.4 Å². The molecule has 318 valence electrons. The molecular formula is C40H68O15. The number of methoxy groups -OCH3 is 1. The lowest BCUT2D eigenvalue weighted by atomic mass is 9.41. The highest BCUT2D eigenvalue weighted by Gasteiger charge is 2.71. The van der Waals surface area contributed by atoms with Gasteiger partial charge in [0.05, 0.1) is 49.8 Å². The van der Waals surface area contributed by atoms with E-state index in [2.05, 4.69) is 32.9 Å². The molecule has 0 aromatic rings. The van der Waals surface area contributed by atoms with Crippen LogP contribution in [0, 0.1) is 52.3 Å². The fraction of sp³-hybridized carbons (Fsp3) is 0.950. The van der Waals surface area contributed by atoms with Crippen molar-refractivity contribution in [3.05, 3.63) is 12.2 Å². The fourth-order valence-corrected chi connectivity index (χ4v) is 12.2. The number of hydrogen-bond donors (Lipinski definition) is 10. The molecule has 10 N–H and O–H groups in total. The molecule has 15 nitrogen and oxygen atoms in total. The van der Waals surface area contributed by atoms with Gasteiger partial charge in [0.15, 0.2) is 12.6 Å². The second-order valence-electron chi connectivity index (χ2n) is 18.6. The quantitative estimate of drug-likeness (QED) is 0.111. The average Bonchev–Trinajstić information content (AvgIpc) is 3.60. The third-order valence-electron chi connectivity index (χ3n) is 15.4. The van der Waals surface area contributed by atoms with Crippen molar-refractivity contribution in [2.45, 2.75) is 158 Å². The van der Waals surface area contributed by atoms with Gasteiger partial charge in [0.2, 0.25) is 0 Å². The van der Waals surface area contributed by atoms with E-state index in [1.807, 2.05) is 13.8 Å². The van der Waals surface area contributed by atoms with Crippen molar-refractivity contribution in [2.24, 2.45) is 52.3 Å². The minimum absolute atomic E-state index is 0.0106. The third kappa shape index (κ3) is 7.61. The van der Waals surface area contributed by atoms with Gasteiger partial charge in [-0.15, -0.1) is 0 Å². The molecule has 0 aromatic heterocycles. The van der Waals surface area contributed by atoms with Gasteiger partial charge in [-0.3, -0.25) is 0 Å². The summed E-state index contributed by atoms with van der Waals surface area (Å²) < 4.78 is 28.9. The number of hydrogen-bond acceptors (Lipinski definition) is 15. The van der Waals surface area contributed by atoms with Crippen molar-refractivity contribution in [1.82, 2.24) is 0 Å². The summed E-state index contributed by atoms with van der Waals surface area (Å²) in [5.41, 5.74) is -2.28. The molecule has 0 amide bonds. The molecule has 55 heavy (non-hydrogen) atoms. The summed E-state index contributed by atoms with van der Waals surface area (Å²) in [4.78, 5) is 0. The molecule has 0 spiro atoms. The molecule has 6 fully saturated rings. The van der Waals surface area contributed by atoms with Gasteiger partial charge in [-0.2, -0.15) is 0 Å². The molecule has 4 saturated carbocycles. The van der Waals surface area contributed by atoms with Crippen LogP contribution in [-0.2, 0) is 23.7 Å². The Morgan fingerprint density at radius 2 is 1.51 bits per heavy atom. The Bertz CT molecular complexity index is 1320. The van der Waals surface area contributed by atoms with Crippen molar-refractivity contribution in [3.8, 4) is 0 Å². The zero-order valence-electron chi connectivity index (χ0n) is 33.1. The second-order valence-corrected chi connectivity index (χ2v) is 18.6. The maximum absolute atomic E-state index is 12.6. The highest BCUT2D eigenvalue weighted by Crippen LogP contribution is 2.69. The van der Waals surface area contributed by atoms with Crippen molar-refractivity contribution >= 4 is 0 Å². The zero-order chi connectivity index (χ0) is 40.4. The Morgan fingerprint density at radius 3 is 2.18 bits per heavy atom. The normalized spacial score (nSPS) is 52.3. The van der Waals surface area contributed by atoms with Crippen LogP contribution in [0.2, 0.25) is 0 Å². The van der Waals surface area contributed by atoms with E-state index in [4.69, 9.17) is 23.7 Å². The van der Waals surface area contributed by atoms with Crippen LogP contribution >= 0.6 is 0 Å². The molecule has 2 saturated heterocycles. The van der Waals surface area contributed by atoms with Crippen LogP contribution in [0.5, 0.6) is 0 Å². The molecule has 15 heteroatoms. The first-order valence-corrected chi connectivity index (χ1v) is 20.4. The molecule has 23 atom stereocenters. The summed E-state index contributed by atoms with van der Waals surface area (Å²) in [5, 5.41) is 109. The van der Waals surface area contributed by atoms with Crippen molar-refractivity contribution in [1.29, 1.82) is 0 Å². The standard InChI is InChI=1S/C40H68O15/c1-18(20(3)16-52-37-34(31(49)32(54-37)25(45)15-41)55-36-33(51-6)30(48)26(46)17-53-36)7-8-19(2)21-13-23(43)35-38(21,4)12-10-27-39(5)11-9-22(42)29(47)28(39)24(44)14-40(27,35)50/h7-8,18-37,41-50H,9-17H2,1-6H3/b8-7+/t18-,19+,20-,21+,22-,23+,24-,25+,26+,27+,28-,29-,30-,31-,32-,33+,34+,35+,36-,37+,38+,39+,40-/m0/s1. The van der Waals surface area contributed by atoms with Crippen LogP contribution in [0.3, 0.4) is 0 Å². The Morgan fingerprint density at radius 1 is 0.818 bits per heavy atom. The van der Waals surface area contributed by atoms with Crippen molar-refractivity contribution < 1.29 is 74.7 Å². The Labute approximate surface area is 324 Å². The summed E-state index contributed by atoms with van der Waals surface area (Å²) in [6.45, 7) is 9.66. The Hall–Kier alpha value is -0.860. The first-order chi connectivity index (χ1) is 25.8. The Balaban J connectivity index is 1.10. The summed E-state index contributed by atoms with van der Waals surface area (Å²) in [6, 6.07) is 0. The number of aliphatic hydroxyl groups is 10. The van der Waals surface area contributed by atoms with E-state index >= 15 is 0 Å². The van der Waals surface area contributed by atoms with Gasteiger partial charge in [-0.05, 0) is 72.5 Å². The molecule has 0 aromatic carbocycles. The van der Waals surface area contributed by atoms with E-state index in [1.165, 1.54) is 7.11 Å².